The number of nitrogens with zero attached hydrogens (tertiary/aromatic N) is 5. The zero-order valence-corrected chi connectivity index (χ0v) is 24.0. The van der Waals surface area contributed by atoms with Gasteiger partial charge < -0.3 is 4.74 Å². The molecule has 4 aromatic rings. The largest absolute Gasteiger partial charge is 0.461 e. The summed E-state index contributed by atoms with van der Waals surface area (Å²) >= 11 is 0. The molecule has 3 aliphatic rings. The molecule has 1 unspecified atom stereocenters. The van der Waals surface area contributed by atoms with Crippen LogP contribution in [-0.2, 0) is 0 Å². The Morgan fingerprint density at radius 2 is 1.95 bits per heavy atom. The Kier molecular flexibility index (Phi) is 7.34. The van der Waals surface area contributed by atoms with Crippen LogP contribution in [0, 0.1) is 24.0 Å². The van der Waals surface area contributed by atoms with E-state index in [1.807, 2.05) is 9.91 Å². The Morgan fingerprint density at radius 1 is 1.07 bits per heavy atom. The predicted octanol–water partition coefficient (Wildman–Crippen LogP) is 6.37. The highest BCUT2D eigenvalue weighted by Gasteiger charge is 2.48. The van der Waals surface area contributed by atoms with E-state index in [0.29, 0.717) is 53.6 Å². The summed E-state index contributed by atoms with van der Waals surface area (Å²) in [6.45, 7) is 2.35. The van der Waals surface area contributed by atoms with Crippen LogP contribution in [0.5, 0.6) is 6.01 Å². The monoisotopic (exact) mass is 602 g/mol. The summed E-state index contributed by atoms with van der Waals surface area (Å²) in [6, 6.07) is 7.99. The molecular weight excluding hydrogens is 572 g/mol. The molecule has 44 heavy (non-hydrogen) atoms. The first kappa shape index (κ1) is 28.5. The Balaban J connectivity index is 1.35. The average Bonchev–Trinajstić information content (AvgIpc) is 3.46. The second kappa shape index (κ2) is 11.3. The first-order valence-electron chi connectivity index (χ1n) is 14.8. The number of pyridine rings is 1. The van der Waals surface area contributed by atoms with Crippen molar-refractivity contribution in [3.63, 3.8) is 0 Å². The molecule has 2 aromatic heterocycles. The van der Waals surface area contributed by atoms with Crippen molar-refractivity contribution in [3.05, 3.63) is 65.4 Å². The lowest BCUT2D eigenvalue weighted by Crippen LogP contribution is -2.43. The fraction of sp³-hybridized carbons (Fsp3) is 0.364. The van der Waals surface area contributed by atoms with Gasteiger partial charge in [-0.15, -0.1) is 6.42 Å². The van der Waals surface area contributed by atoms with Gasteiger partial charge in [-0.2, -0.15) is 18.7 Å². The van der Waals surface area contributed by atoms with Crippen molar-refractivity contribution in [2.75, 3.05) is 37.8 Å². The molecule has 0 aliphatic carbocycles. The molecule has 3 aliphatic heterocycles. The molecule has 226 valence electrons. The number of fused-ring (bicyclic) bond motifs is 3. The lowest BCUT2D eigenvalue weighted by molar-refractivity contribution is 0.108. The number of hydrogen-bond donors (Lipinski definition) is 1. The Bertz CT molecular complexity index is 1840. The van der Waals surface area contributed by atoms with Crippen molar-refractivity contribution in [2.24, 2.45) is 0 Å². The van der Waals surface area contributed by atoms with Gasteiger partial charge in [0.2, 0.25) is 0 Å². The number of nitrogens with one attached hydrogen (secondary N) is 1. The number of hydrogen-bond acceptors (Lipinski definition) is 7. The lowest BCUT2D eigenvalue weighted by Gasteiger charge is -2.31. The number of rotatable bonds is 5. The molecular formula is C33H30F4N6O. The van der Waals surface area contributed by atoms with Gasteiger partial charge in [0.1, 0.15) is 23.6 Å². The third-order valence-corrected chi connectivity index (χ3v) is 9.06. The number of terminal acetylenes is 1. The second-order valence-electron chi connectivity index (χ2n) is 11.7. The SMILES string of the molecule is C#Cc1c(F)ccc2cccc(-c3ncc4c(N5CCCCCN5)nc(OCC56CCCN5CC(=C(F)F)C6)nc4c3F)c12. The topological polar surface area (TPSA) is 66.4 Å². The molecule has 0 radical (unpaired) electrons. The predicted molar refractivity (Wildman–Crippen MR) is 160 cm³/mol. The molecule has 7 rings (SSSR count). The second-order valence-corrected chi connectivity index (χ2v) is 11.7. The Morgan fingerprint density at radius 3 is 2.80 bits per heavy atom. The third kappa shape index (κ3) is 4.82. The van der Waals surface area contributed by atoms with Crippen molar-refractivity contribution in [2.45, 2.75) is 44.1 Å². The summed E-state index contributed by atoms with van der Waals surface area (Å²) in [4.78, 5) is 15.7. The number of ether oxygens (including phenoxy) is 1. The van der Waals surface area contributed by atoms with Crippen LogP contribution in [0.15, 0.2) is 48.2 Å². The van der Waals surface area contributed by atoms with Crippen LogP contribution in [0.3, 0.4) is 0 Å². The van der Waals surface area contributed by atoms with Crippen molar-refractivity contribution in [1.82, 2.24) is 25.3 Å². The van der Waals surface area contributed by atoms with E-state index >= 15 is 4.39 Å². The van der Waals surface area contributed by atoms with Crippen molar-refractivity contribution < 1.29 is 22.3 Å². The van der Waals surface area contributed by atoms with Gasteiger partial charge in [0.05, 0.1) is 16.5 Å². The molecule has 0 spiro atoms. The van der Waals surface area contributed by atoms with E-state index < -0.39 is 23.3 Å². The number of aromatic nitrogens is 3. The van der Waals surface area contributed by atoms with Gasteiger partial charge in [0, 0.05) is 42.4 Å². The summed E-state index contributed by atoms with van der Waals surface area (Å²) in [5.74, 6) is 1.51. The minimum Gasteiger partial charge on any atom is -0.461 e. The summed E-state index contributed by atoms with van der Waals surface area (Å²) < 4.78 is 64.6. The maximum atomic E-state index is 16.6. The van der Waals surface area contributed by atoms with Gasteiger partial charge in [0.25, 0.3) is 6.08 Å². The molecule has 5 heterocycles. The molecule has 0 saturated carbocycles. The molecule has 7 nitrogen and oxygen atoms in total. The molecule has 1 N–H and O–H groups in total. The van der Waals surface area contributed by atoms with Gasteiger partial charge >= 0.3 is 6.01 Å². The van der Waals surface area contributed by atoms with E-state index in [1.165, 1.54) is 12.3 Å². The fourth-order valence-corrected chi connectivity index (χ4v) is 6.88. The van der Waals surface area contributed by atoms with Gasteiger partial charge in [-0.1, -0.05) is 36.6 Å². The minimum atomic E-state index is -1.64. The summed E-state index contributed by atoms with van der Waals surface area (Å²) in [5, 5.41) is 3.27. The third-order valence-electron chi connectivity index (χ3n) is 9.06. The van der Waals surface area contributed by atoms with Crippen molar-refractivity contribution >= 4 is 27.5 Å². The molecule has 11 heteroatoms. The maximum Gasteiger partial charge on any atom is 0.319 e. The van der Waals surface area contributed by atoms with Gasteiger partial charge in [-0.3, -0.25) is 14.9 Å². The van der Waals surface area contributed by atoms with E-state index in [-0.39, 0.29) is 47.9 Å². The van der Waals surface area contributed by atoms with Crippen LogP contribution in [0.1, 0.15) is 44.1 Å². The minimum absolute atomic E-state index is 0.0145. The van der Waals surface area contributed by atoms with E-state index in [2.05, 4.69) is 21.3 Å². The zero-order valence-electron chi connectivity index (χ0n) is 24.0. The summed E-state index contributed by atoms with van der Waals surface area (Å²) in [7, 11) is 0. The van der Waals surface area contributed by atoms with Crippen LogP contribution in [0.2, 0.25) is 0 Å². The first-order chi connectivity index (χ1) is 21.4. The van der Waals surface area contributed by atoms with E-state index in [9.17, 15) is 13.2 Å². The van der Waals surface area contributed by atoms with Gasteiger partial charge in [-0.25, -0.2) is 14.2 Å². The average molecular weight is 603 g/mol. The van der Waals surface area contributed by atoms with Crippen LogP contribution >= 0.6 is 0 Å². The highest BCUT2D eigenvalue weighted by Crippen LogP contribution is 2.43. The van der Waals surface area contributed by atoms with E-state index in [4.69, 9.17) is 16.1 Å². The summed E-state index contributed by atoms with van der Waals surface area (Å²) in [6.07, 6.45) is 10.3. The first-order valence-corrected chi connectivity index (χ1v) is 14.8. The van der Waals surface area contributed by atoms with E-state index in [0.717, 1.165) is 25.7 Å². The van der Waals surface area contributed by atoms with Crippen molar-refractivity contribution in [3.8, 4) is 29.6 Å². The van der Waals surface area contributed by atoms with Gasteiger partial charge in [0.15, 0.2) is 11.6 Å². The molecule has 0 amide bonds. The van der Waals surface area contributed by atoms with E-state index in [1.54, 1.807) is 24.3 Å². The smallest absolute Gasteiger partial charge is 0.319 e. The molecule has 2 aromatic carbocycles. The molecule has 3 fully saturated rings. The number of benzene rings is 2. The van der Waals surface area contributed by atoms with Crippen LogP contribution in [-0.4, -0.2) is 58.2 Å². The standard InChI is InChI=1S/C33H30F4N6O/c1-2-22-25(34)11-10-20-8-6-9-23(26(20)22)28-27(35)29-24(17-38-28)31(43-15-5-3-4-13-39-43)41-32(40-29)44-19-33-12-7-14-42(33)18-21(16-33)30(36)37/h1,6,8-11,17,39H,3-5,7,12-16,18-19H2. The number of halogens is 4. The molecule has 1 atom stereocenters. The Labute approximate surface area is 251 Å². The highest BCUT2D eigenvalue weighted by molar-refractivity contribution is 6.02. The lowest BCUT2D eigenvalue weighted by atomic mass is 9.94. The number of hydrazine groups is 1. The maximum absolute atomic E-state index is 16.6. The quantitative estimate of drug-likeness (QED) is 0.211. The zero-order chi connectivity index (χ0) is 30.4. The normalized spacial score (nSPS) is 20.6. The molecule has 3 saturated heterocycles. The number of anilines is 1. The van der Waals surface area contributed by atoms with Crippen LogP contribution in [0.4, 0.5) is 23.4 Å². The van der Waals surface area contributed by atoms with Crippen LogP contribution < -0.4 is 15.2 Å². The van der Waals surface area contributed by atoms with Crippen LogP contribution in [0.25, 0.3) is 32.9 Å². The Hall–Kier alpha value is -4.27. The summed E-state index contributed by atoms with van der Waals surface area (Å²) in [5.41, 5.74) is 3.21. The molecule has 0 bridgehead atoms. The fourth-order valence-electron chi connectivity index (χ4n) is 6.88. The van der Waals surface area contributed by atoms with Crippen molar-refractivity contribution in [1.29, 1.82) is 0 Å². The highest BCUT2D eigenvalue weighted by atomic mass is 19.3. The van der Waals surface area contributed by atoms with Gasteiger partial charge in [-0.05, 0) is 50.1 Å².